The Hall–Kier alpha value is -3.60. The average Bonchev–Trinajstić information content (AvgIpc) is 3.33. The highest BCUT2D eigenvalue weighted by molar-refractivity contribution is 5.79. The molecule has 0 N–H and O–H groups in total. The average molecular weight is 460 g/mol. The zero-order chi connectivity index (χ0) is 23.8. The molecule has 5 rings (SSSR count). The fourth-order valence-corrected chi connectivity index (χ4v) is 5.61. The lowest BCUT2D eigenvalue weighted by atomic mass is 9.68. The zero-order valence-electron chi connectivity index (χ0n) is 19.7. The summed E-state index contributed by atoms with van der Waals surface area (Å²) in [4.78, 5) is 27.1. The summed E-state index contributed by atoms with van der Waals surface area (Å²) < 4.78 is 13.8. The van der Waals surface area contributed by atoms with Crippen LogP contribution in [-0.2, 0) is 17.8 Å². The highest BCUT2D eigenvalue weighted by Crippen LogP contribution is 2.47. The Morgan fingerprint density at radius 2 is 2.12 bits per heavy atom. The number of hydrogen-bond acceptors (Lipinski definition) is 5. The largest absolute Gasteiger partial charge is 0.494 e. The van der Waals surface area contributed by atoms with Crippen LogP contribution in [0.2, 0.25) is 0 Å². The lowest BCUT2D eigenvalue weighted by molar-refractivity contribution is -0.0270. The molecule has 0 radical (unpaired) electrons. The van der Waals surface area contributed by atoms with Crippen molar-refractivity contribution >= 4 is 22.8 Å². The maximum absolute atomic E-state index is 12.8. The molecular weight excluding hydrogens is 430 g/mol. The second-order valence-electron chi connectivity index (χ2n) is 9.82. The van der Waals surface area contributed by atoms with Crippen molar-refractivity contribution in [1.82, 2.24) is 19.4 Å². The Morgan fingerprint density at radius 3 is 2.94 bits per heavy atom. The van der Waals surface area contributed by atoms with Crippen LogP contribution in [-0.4, -0.2) is 44.3 Å². The van der Waals surface area contributed by atoms with Gasteiger partial charge in [-0.05, 0) is 56.2 Å². The molecule has 1 saturated carbocycles. The fourth-order valence-electron chi connectivity index (χ4n) is 5.61. The first-order valence-electron chi connectivity index (χ1n) is 11.8. The Bertz CT molecular complexity index is 1260. The summed E-state index contributed by atoms with van der Waals surface area (Å²) in [6.45, 7) is 13.9. The van der Waals surface area contributed by atoms with Crippen LogP contribution in [0.5, 0.6) is 5.75 Å². The number of benzene rings is 1. The molecule has 2 atom stereocenters. The molecule has 1 spiro atoms. The number of carbonyl (C=O) groups excluding carboxylic acids is 1. The molecule has 176 valence electrons. The lowest BCUT2D eigenvalue weighted by Gasteiger charge is -2.43. The van der Waals surface area contributed by atoms with E-state index in [9.17, 15) is 4.79 Å². The number of ether oxygens (including phenoxy) is 2. The van der Waals surface area contributed by atoms with Gasteiger partial charge in [0.15, 0.2) is 5.69 Å². The third-order valence-electron chi connectivity index (χ3n) is 6.94. The van der Waals surface area contributed by atoms with E-state index in [-0.39, 0.29) is 11.5 Å². The van der Waals surface area contributed by atoms with Gasteiger partial charge in [0.2, 0.25) is 0 Å². The van der Waals surface area contributed by atoms with Crippen molar-refractivity contribution in [3.05, 3.63) is 60.0 Å². The summed E-state index contributed by atoms with van der Waals surface area (Å²) >= 11 is 0. The number of carbonyl (C=O) groups is 1. The van der Waals surface area contributed by atoms with Crippen LogP contribution in [0.4, 0.5) is 10.5 Å². The summed E-state index contributed by atoms with van der Waals surface area (Å²) in [5.41, 5.74) is 2.73. The first kappa shape index (κ1) is 22.2. The summed E-state index contributed by atoms with van der Waals surface area (Å²) in [6, 6.07) is 9.31. The molecule has 1 aliphatic carbocycles. The van der Waals surface area contributed by atoms with Gasteiger partial charge < -0.3 is 14.0 Å². The second-order valence-corrected chi connectivity index (χ2v) is 9.82. The van der Waals surface area contributed by atoms with E-state index in [0.29, 0.717) is 25.4 Å². The zero-order valence-corrected chi connectivity index (χ0v) is 19.7. The predicted molar refractivity (Wildman–Crippen MR) is 128 cm³/mol. The van der Waals surface area contributed by atoms with Gasteiger partial charge in [-0.1, -0.05) is 13.0 Å². The number of aromatic nitrogens is 3. The number of imidazole rings is 1. The highest BCUT2D eigenvalue weighted by Gasteiger charge is 2.51. The quantitative estimate of drug-likeness (QED) is 0.465. The minimum atomic E-state index is -0.486. The minimum Gasteiger partial charge on any atom is -0.494 e. The molecule has 34 heavy (non-hydrogen) atoms. The van der Waals surface area contributed by atoms with Gasteiger partial charge in [0.25, 0.3) is 0 Å². The van der Waals surface area contributed by atoms with Gasteiger partial charge in [-0.25, -0.2) is 14.6 Å². The van der Waals surface area contributed by atoms with Crippen molar-refractivity contribution in [2.24, 2.45) is 5.41 Å². The van der Waals surface area contributed by atoms with Gasteiger partial charge in [0.05, 0.1) is 49.3 Å². The molecule has 0 unspecified atom stereocenters. The molecule has 1 aromatic carbocycles. The van der Waals surface area contributed by atoms with E-state index < -0.39 is 5.60 Å². The molecule has 1 aliphatic heterocycles. The monoisotopic (exact) mass is 459 g/mol. The van der Waals surface area contributed by atoms with E-state index in [1.165, 1.54) is 0 Å². The van der Waals surface area contributed by atoms with Crippen molar-refractivity contribution in [2.45, 2.75) is 58.2 Å². The van der Waals surface area contributed by atoms with Crippen LogP contribution in [0.25, 0.3) is 15.9 Å². The van der Waals surface area contributed by atoms with E-state index in [2.05, 4.69) is 26.3 Å². The van der Waals surface area contributed by atoms with Gasteiger partial charge in [-0.15, -0.1) is 0 Å². The van der Waals surface area contributed by atoms with Crippen LogP contribution in [0, 0.1) is 12.0 Å². The van der Waals surface area contributed by atoms with Crippen molar-refractivity contribution in [3.8, 4) is 5.75 Å². The number of pyridine rings is 1. The molecule has 1 saturated heterocycles. The van der Waals surface area contributed by atoms with Crippen LogP contribution >= 0.6 is 0 Å². The van der Waals surface area contributed by atoms with Crippen molar-refractivity contribution in [2.75, 3.05) is 13.2 Å². The summed E-state index contributed by atoms with van der Waals surface area (Å²) in [6.07, 6.45) is 6.99. The Morgan fingerprint density at radius 1 is 1.24 bits per heavy atom. The Labute approximate surface area is 199 Å². The van der Waals surface area contributed by atoms with E-state index >= 15 is 0 Å². The molecule has 2 aliphatic rings. The summed E-state index contributed by atoms with van der Waals surface area (Å²) in [5, 5.41) is 0. The van der Waals surface area contributed by atoms with Gasteiger partial charge in [-0.2, -0.15) is 0 Å². The standard InChI is InChI=1S/C26H29N5O3/c1-4-33-21-8-11-28-20(12-21)14-30-17-26(34-24(30)32)10-5-9-25(2,15-26)16-31-18-29-22-7-6-19(27-3)13-23(22)31/h6-8,11-13,18H,4-5,9-10,14-17H2,1-2H3/t25-,26+/m0/s1. The number of hydrogen-bond donors (Lipinski definition) is 0. The lowest BCUT2D eigenvalue weighted by Crippen LogP contribution is -2.44. The predicted octanol–water partition coefficient (Wildman–Crippen LogP) is 5.35. The smallest absolute Gasteiger partial charge is 0.410 e. The molecule has 2 fully saturated rings. The number of amides is 1. The number of fused-ring (bicyclic) bond motifs is 1. The molecule has 8 heteroatoms. The SMILES string of the molecule is [C-]#[N+]c1ccc2ncn(C[C@@]3(C)CCC[C@]4(CN(Cc5cc(OCC)ccn5)C(=O)O4)C3)c2c1. The van der Waals surface area contributed by atoms with Crippen LogP contribution in [0.15, 0.2) is 42.9 Å². The van der Waals surface area contributed by atoms with Crippen molar-refractivity contribution in [3.63, 3.8) is 0 Å². The van der Waals surface area contributed by atoms with E-state index in [1.807, 2.05) is 37.5 Å². The summed E-state index contributed by atoms with van der Waals surface area (Å²) in [5.74, 6) is 0.758. The molecule has 3 aromatic rings. The van der Waals surface area contributed by atoms with Gasteiger partial charge in [0, 0.05) is 18.8 Å². The molecular formula is C26H29N5O3. The Balaban J connectivity index is 1.32. The van der Waals surface area contributed by atoms with Crippen LogP contribution in [0.1, 0.15) is 45.2 Å². The second kappa shape index (κ2) is 8.64. The third kappa shape index (κ3) is 4.30. The van der Waals surface area contributed by atoms with Gasteiger partial charge >= 0.3 is 6.09 Å². The fraction of sp³-hybridized carbons (Fsp3) is 0.462. The molecule has 3 heterocycles. The molecule has 0 bridgehead atoms. The van der Waals surface area contributed by atoms with E-state index in [4.69, 9.17) is 16.0 Å². The highest BCUT2D eigenvalue weighted by atomic mass is 16.6. The minimum absolute atomic E-state index is 0.0522. The van der Waals surface area contributed by atoms with Crippen LogP contribution < -0.4 is 4.74 Å². The maximum Gasteiger partial charge on any atom is 0.410 e. The Kier molecular flexibility index (Phi) is 5.64. The van der Waals surface area contributed by atoms with E-state index in [0.717, 1.165) is 54.7 Å². The van der Waals surface area contributed by atoms with Gasteiger partial charge in [0.1, 0.15) is 11.4 Å². The molecule has 1 amide bonds. The molecule has 2 aromatic heterocycles. The van der Waals surface area contributed by atoms with Crippen LogP contribution in [0.3, 0.4) is 0 Å². The number of rotatable bonds is 6. The first-order chi connectivity index (χ1) is 16.4. The first-order valence-corrected chi connectivity index (χ1v) is 11.8. The van der Waals surface area contributed by atoms with Crippen molar-refractivity contribution in [1.29, 1.82) is 0 Å². The normalized spacial score (nSPS) is 24.4. The van der Waals surface area contributed by atoms with Crippen molar-refractivity contribution < 1.29 is 14.3 Å². The summed E-state index contributed by atoms with van der Waals surface area (Å²) in [7, 11) is 0. The molecule has 8 nitrogen and oxygen atoms in total. The number of nitrogens with zero attached hydrogens (tertiary/aromatic N) is 5. The maximum atomic E-state index is 12.8. The van der Waals surface area contributed by atoms with Gasteiger partial charge in [-0.3, -0.25) is 9.88 Å². The third-order valence-corrected chi connectivity index (χ3v) is 6.94. The topological polar surface area (TPSA) is 73.8 Å². The van der Waals surface area contributed by atoms with E-state index in [1.54, 1.807) is 17.2 Å².